The third-order valence-electron chi connectivity index (χ3n) is 4.20. The largest absolute Gasteiger partial charge is 0.379 e. The van der Waals surface area contributed by atoms with E-state index in [1.54, 1.807) is 0 Å². The summed E-state index contributed by atoms with van der Waals surface area (Å²) >= 11 is 0. The Morgan fingerprint density at radius 3 is 1.74 bits per heavy atom. The van der Waals surface area contributed by atoms with Crippen LogP contribution in [-0.2, 0) is 19.1 Å². The zero-order valence-corrected chi connectivity index (χ0v) is 18.8. The van der Waals surface area contributed by atoms with Crippen LogP contribution < -0.4 is 10.6 Å². The SMILES string of the molecule is CC(C)(C)NCCOCCOCCC(=O)C(C)(C)NCCC(=O)C(C)(C)C. The molecule has 0 rings (SSSR count). The molecule has 0 aliphatic carbocycles. The number of hydrogen-bond donors (Lipinski definition) is 2. The van der Waals surface area contributed by atoms with Crippen LogP contribution in [-0.4, -0.2) is 62.2 Å². The summed E-state index contributed by atoms with van der Waals surface area (Å²) < 4.78 is 11.0. The van der Waals surface area contributed by atoms with Crippen LogP contribution in [0.3, 0.4) is 0 Å². The minimum atomic E-state index is -0.656. The normalized spacial score (nSPS) is 13.0. The molecule has 6 nitrogen and oxygen atoms in total. The van der Waals surface area contributed by atoms with Crippen LogP contribution >= 0.6 is 0 Å². The molecule has 0 radical (unpaired) electrons. The minimum Gasteiger partial charge on any atom is -0.379 e. The van der Waals surface area contributed by atoms with E-state index in [1.165, 1.54) is 0 Å². The number of hydrogen-bond acceptors (Lipinski definition) is 6. The van der Waals surface area contributed by atoms with E-state index in [9.17, 15) is 9.59 Å². The summed E-state index contributed by atoms with van der Waals surface area (Å²) in [5, 5.41) is 6.54. The van der Waals surface area contributed by atoms with Gasteiger partial charge in [0, 0.05) is 36.9 Å². The molecule has 0 unspecified atom stereocenters. The molecule has 160 valence electrons. The topological polar surface area (TPSA) is 76.7 Å². The highest BCUT2D eigenvalue weighted by Crippen LogP contribution is 2.16. The molecule has 0 aromatic rings. The Balaban J connectivity index is 3.80. The summed E-state index contributed by atoms with van der Waals surface area (Å²) in [6.45, 7) is 19.1. The van der Waals surface area contributed by atoms with Gasteiger partial charge >= 0.3 is 0 Å². The molecule has 0 aromatic carbocycles. The number of carbonyl (C=O) groups excluding carboxylic acids is 2. The van der Waals surface area contributed by atoms with Crippen molar-refractivity contribution in [2.24, 2.45) is 5.41 Å². The zero-order valence-electron chi connectivity index (χ0n) is 18.8. The average molecular weight is 387 g/mol. The van der Waals surface area contributed by atoms with Gasteiger partial charge in [-0.1, -0.05) is 20.8 Å². The van der Waals surface area contributed by atoms with Crippen LogP contribution in [0.2, 0.25) is 0 Å². The monoisotopic (exact) mass is 386 g/mol. The summed E-state index contributed by atoms with van der Waals surface area (Å²) in [7, 11) is 0. The zero-order chi connectivity index (χ0) is 21.1. The van der Waals surface area contributed by atoms with Gasteiger partial charge in [0.25, 0.3) is 0 Å². The van der Waals surface area contributed by atoms with E-state index in [-0.39, 0.29) is 22.5 Å². The lowest BCUT2D eigenvalue weighted by atomic mass is 9.88. The van der Waals surface area contributed by atoms with E-state index in [2.05, 4.69) is 31.4 Å². The molecule has 27 heavy (non-hydrogen) atoms. The highest BCUT2D eigenvalue weighted by Gasteiger charge is 2.27. The molecule has 0 spiro atoms. The fraction of sp³-hybridized carbons (Fsp3) is 0.905. The number of ketones is 2. The lowest BCUT2D eigenvalue weighted by molar-refractivity contribution is -0.128. The Labute approximate surface area is 166 Å². The number of rotatable bonds is 14. The molecule has 6 heteroatoms. The molecule has 2 N–H and O–H groups in total. The van der Waals surface area contributed by atoms with E-state index in [4.69, 9.17) is 9.47 Å². The molecule has 0 saturated carbocycles. The van der Waals surface area contributed by atoms with Gasteiger partial charge in [-0.2, -0.15) is 0 Å². The molecule has 0 aromatic heterocycles. The summed E-state index contributed by atoms with van der Waals surface area (Å²) in [6, 6.07) is 0. The van der Waals surface area contributed by atoms with Crippen molar-refractivity contribution in [2.75, 3.05) is 39.5 Å². The smallest absolute Gasteiger partial charge is 0.154 e. The highest BCUT2D eigenvalue weighted by molar-refractivity contribution is 5.88. The Kier molecular flexibility index (Phi) is 11.5. The van der Waals surface area contributed by atoms with E-state index >= 15 is 0 Å². The van der Waals surface area contributed by atoms with Crippen LogP contribution in [0.15, 0.2) is 0 Å². The van der Waals surface area contributed by atoms with Gasteiger partial charge in [-0.25, -0.2) is 0 Å². The average Bonchev–Trinajstić information content (AvgIpc) is 2.50. The highest BCUT2D eigenvalue weighted by atomic mass is 16.5. The molecule has 0 heterocycles. The molecule has 0 amide bonds. The van der Waals surface area contributed by atoms with Gasteiger partial charge in [0.1, 0.15) is 5.78 Å². The maximum Gasteiger partial charge on any atom is 0.154 e. The maximum absolute atomic E-state index is 12.3. The summed E-state index contributed by atoms with van der Waals surface area (Å²) in [5.74, 6) is 0.278. The second-order valence-electron chi connectivity index (χ2n) is 9.55. The van der Waals surface area contributed by atoms with E-state index < -0.39 is 5.54 Å². The van der Waals surface area contributed by atoms with Gasteiger partial charge in [0.15, 0.2) is 5.78 Å². The van der Waals surface area contributed by atoms with E-state index in [0.29, 0.717) is 45.8 Å². The lowest BCUT2D eigenvalue weighted by Crippen LogP contribution is -2.48. The standard InChI is InChI=1S/C21H42N2O4/c1-19(2,3)17(24)9-11-23-21(7,8)18(25)10-13-26-15-16-27-14-12-22-20(4,5)6/h22-23H,9-16H2,1-8H3. The van der Waals surface area contributed by atoms with Gasteiger partial charge in [0.05, 0.1) is 32.0 Å². The minimum absolute atomic E-state index is 0.0843. The first-order valence-electron chi connectivity index (χ1n) is 9.98. The quantitative estimate of drug-likeness (QED) is 0.447. The van der Waals surface area contributed by atoms with Crippen LogP contribution in [0.25, 0.3) is 0 Å². The van der Waals surface area contributed by atoms with Crippen molar-refractivity contribution in [2.45, 2.75) is 79.3 Å². The molecule has 0 aliphatic rings. The van der Waals surface area contributed by atoms with Crippen molar-refractivity contribution in [1.82, 2.24) is 10.6 Å². The predicted molar refractivity (Wildman–Crippen MR) is 110 cm³/mol. The third-order valence-corrected chi connectivity index (χ3v) is 4.20. The molecule has 0 fully saturated rings. The van der Waals surface area contributed by atoms with Gasteiger partial charge < -0.3 is 20.1 Å². The van der Waals surface area contributed by atoms with Gasteiger partial charge in [-0.3, -0.25) is 9.59 Å². The second kappa shape index (κ2) is 11.9. The van der Waals surface area contributed by atoms with Crippen molar-refractivity contribution in [3.8, 4) is 0 Å². The third kappa shape index (κ3) is 13.9. The second-order valence-corrected chi connectivity index (χ2v) is 9.55. The molecule has 0 atom stereocenters. The maximum atomic E-state index is 12.3. The van der Waals surface area contributed by atoms with E-state index in [0.717, 1.165) is 6.54 Å². The van der Waals surface area contributed by atoms with Gasteiger partial charge in [-0.05, 0) is 34.6 Å². The van der Waals surface area contributed by atoms with Gasteiger partial charge in [0.2, 0.25) is 0 Å². The summed E-state index contributed by atoms with van der Waals surface area (Å²) in [5.41, 5.74) is -0.897. The summed E-state index contributed by atoms with van der Waals surface area (Å²) in [6.07, 6.45) is 0.775. The number of ether oxygens (including phenoxy) is 2. The van der Waals surface area contributed by atoms with E-state index in [1.807, 2.05) is 34.6 Å². The molecule has 0 bridgehead atoms. The van der Waals surface area contributed by atoms with Crippen LogP contribution in [0.5, 0.6) is 0 Å². The van der Waals surface area contributed by atoms with Crippen molar-refractivity contribution in [3.05, 3.63) is 0 Å². The molecule has 0 saturated heterocycles. The van der Waals surface area contributed by atoms with Crippen LogP contribution in [0, 0.1) is 5.41 Å². The Morgan fingerprint density at radius 2 is 1.22 bits per heavy atom. The Bertz CT molecular complexity index is 448. The lowest BCUT2D eigenvalue weighted by Gasteiger charge is -2.26. The molecular weight excluding hydrogens is 344 g/mol. The Morgan fingerprint density at radius 1 is 0.667 bits per heavy atom. The summed E-state index contributed by atoms with van der Waals surface area (Å²) in [4.78, 5) is 24.3. The first-order valence-corrected chi connectivity index (χ1v) is 9.98. The number of Topliss-reactive ketones (excluding diaryl/α,β-unsaturated/α-hetero) is 2. The predicted octanol–water partition coefficient (Wildman–Crippen LogP) is 2.74. The van der Waals surface area contributed by atoms with Crippen molar-refractivity contribution in [1.29, 1.82) is 0 Å². The molecule has 0 aliphatic heterocycles. The van der Waals surface area contributed by atoms with Gasteiger partial charge in [-0.15, -0.1) is 0 Å². The first kappa shape index (κ1) is 26.2. The molecular formula is C21H42N2O4. The van der Waals surface area contributed by atoms with Crippen LogP contribution in [0.1, 0.15) is 68.2 Å². The van der Waals surface area contributed by atoms with Crippen molar-refractivity contribution >= 4 is 11.6 Å². The number of carbonyl (C=O) groups is 2. The number of nitrogens with one attached hydrogen (secondary N) is 2. The fourth-order valence-electron chi connectivity index (χ4n) is 2.26. The van der Waals surface area contributed by atoms with Crippen molar-refractivity contribution in [3.63, 3.8) is 0 Å². The fourth-order valence-corrected chi connectivity index (χ4v) is 2.26. The van der Waals surface area contributed by atoms with Crippen molar-refractivity contribution < 1.29 is 19.1 Å². The Hall–Kier alpha value is -0.820. The first-order chi connectivity index (χ1) is 12.3. The van der Waals surface area contributed by atoms with Crippen LogP contribution in [0.4, 0.5) is 0 Å².